The van der Waals surface area contributed by atoms with Gasteiger partial charge in [-0.25, -0.2) is 14.0 Å². The van der Waals surface area contributed by atoms with E-state index < -0.39 is 83.7 Å². The normalized spacial score (nSPS) is 16.7. The van der Waals surface area contributed by atoms with Crippen molar-refractivity contribution in [1.82, 2.24) is 19.4 Å². The molecule has 2 aliphatic rings. The summed E-state index contributed by atoms with van der Waals surface area (Å²) in [7, 11) is 0. The fourth-order valence-electron chi connectivity index (χ4n) is 6.74. The lowest BCUT2D eigenvalue weighted by Gasteiger charge is -2.38. The molecule has 0 saturated carbocycles. The second-order valence-electron chi connectivity index (χ2n) is 12.4. The van der Waals surface area contributed by atoms with Crippen molar-refractivity contribution in [1.29, 1.82) is 0 Å². The second kappa shape index (κ2) is 13.2. The highest BCUT2D eigenvalue weighted by molar-refractivity contribution is 5.65. The number of carboxylic acid groups (broad SMARTS) is 1. The van der Waals surface area contributed by atoms with Gasteiger partial charge in [-0.3, -0.25) is 18.8 Å². The molecule has 1 unspecified atom stereocenters. The average molecular weight is 726 g/mol. The maximum atomic E-state index is 15.1. The van der Waals surface area contributed by atoms with Crippen LogP contribution in [0.4, 0.5) is 41.2 Å². The molecule has 11 nitrogen and oxygen atoms in total. The number of anilines is 1. The van der Waals surface area contributed by atoms with Crippen LogP contribution in [-0.4, -0.2) is 38.3 Å². The minimum atomic E-state index is -5.00. The minimum absolute atomic E-state index is 0.000997. The van der Waals surface area contributed by atoms with Crippen LogP contribution >= 0.6 is 0 Å². The van der Waals surface area contributed by atoms with Crippen LogP contribution in [0.3, 0.4) is 0 Å². The van der Waals surface area contributed by atoms with E-state index in [0.29, 0.717) is 10.6 Å². The van der Waals surface area contributed by atoms with Crippen molar-refractivity contribution in [3.8, 4) is 0 Å². The van der Waals surface area contributed by atoms with E-state index in [9.17, 15) is 45.8 Å². The van der Waals surface area contributed by atoms with Gasteiger partial charge in [0.05, 0.1) is 49.1 Å². The number of halogens is 7. The Labute approximate surface area is 283 Å². The van der Waals surface area contributed by atoms with E-state index >= 15 is 4.39 Å². The number of likely N-dealkylation sites (tertiary alicyclic amines) is 1. The first kappa shape index (κ1) is 35.7. The summed E-state index contributed by atoms with van der Waals surface area (Å²) in [5.74, 6) is -2.36. The predicted molar refractivity (Wildman–Crippen MR) is 165 cm³/mol. The van der Waals surface area contributed by atoms with Gasteiger partial charge in [-0.15, -0.1) is 0 Å². The first-order valence-corrected chi connectivity index (χ1v) is 15.6. The lowest BCUT2D eigenvalue weighted by molar-refractivity contribution is -0.153. The number of nitrogens with one attached hydrogen (secondary N) is 1. The summed E-state index contributed by atoms with van der Waals surface area (Å²) in [5, 5.41) is 11.8. The molecule has 51 heavy (non-hydrogen) atoms. The molecule has 6 rings (SSSR count). The van der Waals surface area contributed by atoms with Gasteiger partial charge in [-0.1, -0.05) is 18.2 Å². The van der Waals surface area contributed by atoms with E-state index in [0.717, 1.165) is 22.8 Å². The summed E-state index contributed by atoms with van der Waals surface area (Å²) < 4.78 is 109. The summed E-state index contributed by atoms with van der Waals surface area (Å²) in [6.45, 7) is -1.60. The Morgan fingerprint density at radius 2 is 1.67 bits per heavy atom. The highest BCUT2D eigenvalue weighted by Gasteiger charge is 2.47. The van der Waals surface area contributed by atoms with Crippen molar-refractivity contribution < 1.29 is 49.8 Å². The number of rotatable bonds is 8. The minimum Gasteiger partial charge on any atom is -0.465 e. The maximum absolute atomic E-state index is 15.1. The monoisotopic (exact) mass is 725 g/mol. The maximum Gasteiger partial charge on any atom is 0.449 e. The molecule has 4 N–H and O–H groups in total. The lowest BCUT2D eigenvalue weighted by Crippen LogP contribution is -2.50. The molecule has 2 aromatic carbocycles. The van der Waals surface area contributed by atoms with Gasteiger partial charge in [-0.05, 0) is 54.8 Å². The van der Waals surface area contributed by atoms with E-state index in [2.05, 4.69) is 5.32 Å². The van der Waals surface area contributed by atoms with Gasteiger partial charge in [0, 0.05) is 24.3 Å². The molecule has 1 spiro atoms. The Bertz CT molecular complexity index is 2080. The molecule has 1 saturated heterocycles. The zero-order valence-electron chi connectivity index (χ0n) is 26.5. The quantitative estimate of drug-likeness (QED) is 0.161. The van der Waals surface area contributed by atoms with Crippen LogP contribution in [0.5, 0.6) is 0 Å². The summed E-state index contributed by atoms with van der Waals surface area (Å²) in [5.41, 5.74) is 0.679. The molecule has 1 atom stereocenters. The van der Waals surface area contributed by atoms with Crippen LogP contribution in [0.25, 0.3) is 0 Å². The Morgan fingerprint density at radius 3 is 2.29 bits per heavy atom. The van der Waals surface area contributed by atoms with Crippen molar-refractivity contribution >= 4 is 11.8 Å². The number of carbonyl (C=O) groups is 1. The van der Waals surface area contributed by atoms with Crippen LogP contribution in [0.15, 0.2) is 68.6 Å². The molecule has 0 bridgehead atoms. The van der Waals surface area contributed by atoms with E-state index in [-0.39, 0.29) is 60.7 Å². The third-order valence-electron chi connectivity index (χ3n) is 9.18. The zero-order chi connectivity index (χ0) is 36.9. The highest BCUT2D eigenvalue weighted by Crippen LogP contribution is 2.43. The average Bonchev–Trinajstić information content (AvgIpc) is 3.67. The first-order chi connectivity index (χ1) is 24.0. The van der Waals surface area contributed by atoms with E-state index in [4.69, 9.17) is 14.9 Å². The molecule has 0 aliphatic carbocycles. The highest BCUT2D eigenvalue weighted by atomic mass is 19.4. The number of ether oxygens (including phenoxy) is 1. The number of nitrogens with zero attached hydrogens (tertiary/aromatic N) is 3. The molecule has 4 aromatic rings. The van der Waals surface area contributed by atoms with E-state index in [1.165, 1.54) is 30.3 Å². The molecule has 18 heteroatoms. The summed E-state index contributed by atoms with van der Waals surface area (Å²) >= 11 is 0. The van der Waals surface area contributed by atoms with Gasteiger partial charge in [0.1, 0.15) is 17.2 Å². The molecular formula is C33H30F7N5O6. The number of amides is 1. The Kier molecular flexibility index (Phi) is 9.26. The van der Waals surface area contributed by atoms with E-state index in [1.54, 1.807) is 4.90 Å². The zero-order valence-corrected chi connectivity index (χ0v) is 26.5. The van der Waals surface area contributed by atoms with Gasteiger partial charge in [-0.2, -0.15) is 26.3 Å². The number of piperidine rings is 1. The number of fused-ring (bicyclic) bond motifs is 2. The van der Waals surface area contributed by atoms with Crippen molar-refractivity contribution in [2.45, 2.75) is 63.1 Å². The number of furan rings is 1. The molecule has 0 radical (unpaired) electrons. The SMILES string of the molecule is Nc1cccc(C(Cn2c(=O)c3c(n(Cc4c(F)cccc4C(F)(F)F)c2=O)COC32CCN(Cc3ccc(C(F)(F)F)o3)CC2)NC(=O)O)c1. The summed E-state index contributed by atoms with van der Waals surface area (Å²) in [4.78, 5) is 42.0. The molecule has 1 amide bonds. The molecule has 2 aliphatic heterocycles. The van der Waals surface area contributed by atoms with Crippen molar-refractivity contribution in [3.05, 3.63) is 121 Å². The topological polar surface area (TPSA) is 145 Å². The Hall–Kier alpha value is -5.10. The molecule has 4 heterocycles. The number of benzene rings is 2. The molecule has 2 aromatic heterocycles. The fraction of sp³-hybridized carbons (Fsp3) is 0.364. The van der Waals surface area contributed by atoms with E-state index in [1.807, 2.05) is 0 Å². The third-order valence-corrected chi connectivity index (χ3v) is 9.18. The number of hydrogen-bond acceptors (Lipinski definition) is 7. The molecule has 272 valence electrons. The predicted octanol–water partition coefficient (Wildman–Crippen LogP) is 5.44. The van der Waals surface area contributed by atoms with Gasteiger partial charge >= 0.3 is 24.1 Å². The smallest absolute Gasteiger partial charge is 0.449 e. The second-order valence-corrected chi connectivity index (χ2v) is 12.4. The molecular weight excluding hydrogens is 695 g/mol. The lowest BCUT2D eigenvalue weighted by atomic mass is 9.85. The van der Waals surface area contributed by atoms with Crippen molar-refractivity contribution in [2.75, 3.05) is 18.8 Å². The molecule has 1 fully saturated rings. The van der Waals surface area contributed by atoms with Gasteiger partial charge < -0.3 is 25.3 Å². The standard InChI is InChI=1S/C33H30F7N5O6/c34-23-6-2-5-22(32(35,36)37)21(23)15-44-25-17-50-31(9-11-43(12-10-31)14-20-7-8-26(51-20)33(38,39)40)27(25)28(46)45(30(44)49)16-24(42-29(47)48)18-3-1-4-19(41)13-18/h1-8,13,24,42H,9-12,14-17,41H2,(H,47,48). The third kappa shape index (κ3) is 7.10. The number of nitrogens with two attached hydrogens (primary N) is 1. The first-order valence-electron chi connectivity index (χ1n) is 15.6. The van der Waals surface area contributed by atoms with Crippen LogP contribution in [0.2, 0.25) is 0 Å². The van der Waals surface area contributed by atoms with Crippen LogP contribution in [-0.2, 0) is 48.9 Å². The summed E-state index contributed by atoms with van der Waals surface area (Å²) in [6.07, 6.45) is -11.0. The van der Waals surface area contributed by atoms with Gasteiger partial charge in [0.2, 0.25) is 5.76 Å². The summed E-state index contributed by atoms with van der Waals surface area (Å²) in [6, 6.07) is 9.09. The largest absolute Gasteiger partial charge is 0.465 e. The van der Waals surface area contributed by atoms with Crippen LogP contribution < -0.4 is 22.3 Å². The number of alkyl halides is 6. The Morgan fingerprint density at radius 1 is 0.961 bits per heavy atom. The number of aromatic nitrogens is 2. The van der Waals surface area contributed by atoms with Crippen LogP contribution in [0, 0.1) is 5.82 Å². The fourth-order valence-corrected chi connectivity index (χ4v) is 6.74. The number of nitrogen functional groups attached to an aromatic ring is 1. The number of hydrogen-bond donors (Lipinski definition) is 3. The van der Waals surface area contributed by atoms with Crippen LogP contribution in [0.1, 0.15) is 58.4 Å². The van der Waals surface area contributed by atoms with Gasteiger partial charge in [0.15, 0.2) is 0 Å². The van der Waals surface area contributed by atoms with Gasteiger partial charge in [0.25, 0.3) is 5.56 Å². The Balaban J connectivity index is 1.43. The van der Waals surface area contributed by atoms with Crippen molar-refractivity contribution in [3.63, 3.8) is 0 Å². The van der Waals surface area contributed by atoms with Crippen molar-refractivity contribution in [2.24, 2.45) is 0 Å².